The number of hydrogen-bond donors (Lipinski definition) is 0. The molecule has 0 bridgehead atoms. The number of methoxy groups -OCH3 is 2. The molecule has 0 atom stereocenters. The lowest BCUT2D eigenvalue weighted by atomic mass is 9.88. The fourth-order valence-corrected chi connectivity index (χ4v) is 5.31. The number of carbonyl (C=O) groups excluding carboxylic acids is 2. The van der Waals surface area contributed by atoms with Crippen LogP contribution in [0.2, 0.25) is 0 Å². The number of hydrogen-bond acceptors (Lipinski definition) is 5. The molecule has 3 rings (SSSR count). The molecule has 186 valence electrons. The third kappa shape index (κ3) is 7.23. The zero-order chi connectivity index (χ0) is 24.3. The van der Waals surface area contributed by atoms with E-state index in [2.05, 4.69) is 13.0 Å². The maximum absolute atomic E-state index is 13.5. The predicted octanol–water partition coefficient (Wildman–Crippen LogP) is 5.16. The van der Waals surface area contributed by atoms with Crippen LogP contribution in [0.4, 0.5) is 0 Å². The van der Waals surface area contributed by atoms with Crippen LogP contribution >= 0.6 is 11.3 Å². The maximum atomic E-state index is 13.5. The molecule has 2 amide bonds. The van der Waals surface area contributed by atoms with E-state index in [1.165, 1.54) is 6.42 Å². The summed E-state index contributed by atoms with van der Waals surface area (Å²) in [5, 5.41) is 2.03. The molecule has 1 heterocycles. The fraction of sp³-hybridized carbons (Fsp3) is 0.556. The largest absolute Gasteiger partial charge is 0.493 e. The number of carbonyl (C=O) groups is 2. The Bertz CT molecular complexity index is 909. The summed E-state index contributed by atoms with van der Waals surface area (Å²) in [6, 6.07) is 9.92. The zero-order valence-corrected chi connectivity index (χ0v) is 21.6. The summed E-state index contributed by atoms with van der Waals surface area (Å²) in [6.45, 7) is 3.97. The molecule has 2 aromatic rings. The molecule has 0 radical (unpaired) electrons. The summed E-state index contributed by atoms with van der Waals surface area (Å²) >= 11 is 1.65. The Balaban J connectivity index is 1.70. The van der Waals surface area contributed by atoms with E-state index < -0.39 is 0 Å². The molecule has 0 unspecified atom stereocenters. The first-order chi connectivity index (χ1) is 16.5. The number of thiophene rings is 1. The van der Waals surface area contributed by atoms with Crippen molar-refractivity contribution in [1.82, 2.24) is 9.80 Å². The van der Waals surface area contributed by atoms with Crippen molar-refractivity contribution in [3.63, 3.8) is 0 Å². The highest BCUT2D eigenvalue weighted by atomic mass is 32.1. The van der Waals surface area contributed by atoms with Gasteiger partial charge < -0.3 is 19.3 Å². The third-order valence-electron chi connectivity index (χ3n) is 6.48. The van der Waals surface area contributed by atoms with Crippen molar-refractivity contribution in [2.24, 2.45) is 5.92 Å². The Labute approximate surface area is 207 Å². The topological polar surface area (TPSA) is 59.1 Å². The summed E-state index contributed by atoms with van der Waals surface area (Å²) in [4.78, 5) is 31.5. The van der Waals surface area contributed by atoms with Crippen molar-refractivity contribution in [2.45, 2.75) is 58.4 Å². The molecule has 0 aliphatic heterocycles. The third-order valence-corrected chi connectivity index (χ3v) is 7.34. The summed E-state index contributed by atoms with van der Waals surface area (Å²) in [5.41, 5.74) is 1.07. The van der Waals surface area contributed by atoms with Crippen LogP contribution in [-0.4, -0.2) is 55.5 Å². The van der Waals surface area contributed by atoms with Crippen molar-refractivity contribution in [2.75, 3.05) is 33.9 Å². The van der Waals surface area contributed by atoms with Crippen LogP contribution in [0.25, 0.3) is 0 Å². The molecule has 1 aliphatic carbocycles. The van der Waals surface area contributed by atoms with Gasteiger partial charge in [0.1, 0.15) is 0 Å². The van der Waals surface area contributed by atoms with E-state index in [9.17, 15) is 9.59 Å². The first kappa shape index (κ1) is 26.1. The van der Waals surface area contributed by atoms with Gasteiger partial charge in [-0.15, -0.1) is 11.3 Å². The second kappa shape index (κ2) is 13.4. The molecule has 1 aromatic heterocycles. The van der Waals surface area contributed by atoms with Crippen LogP contribution in [-0.2, 0) is 22.6 Å². The van der Waals surface area contributed by atoms with Gasteiger partial charge in [-0.25, -0.2) is 0 Å². The second-order valence-electron chi connectivity index (χ2n) is 8.93. The van der Waals surface area contributed by atoms with Gasteiger partial charge in [-0.3, -0.25) is 9.59 Å². The first-order valence-corrected chi connectivity index (χ1v) is 13.2. The van der Waals surface area contributed by atoms with Crippen molar-refractivity contribution < 1.29 is 19.1 Å². The molecule has 0 spiro atoms. The SMILES string of the molecule is CCCN(CC(=O)N(CCc1ccc(OC)c(OC)c1)Cc1cccs1)C(=O)C1CCCCC1. The van der Waals surface area contributed by atoms with Gasteiger partial charge >= 0.3 is 0 Å². The zero-order valence-electron chi connectivity index (χ0n) is 20.8. The van der Waals surface area contributed by atoms with Gasteiger partial charge in [0.25, 0.3) is 0 Å². The maximum Gasteiger partial charge on any atom is 0.242 e. The monoisotopic (exact) mass is 486 g/mol. The first-order valence-electron chi connectivity index (χ1n) is 12.4. The van der Waals surface area contributed by atoms with Crippen molar-refractivity contribution in [3.8, 4) is 11.5 Å². The van der Waals surface area contributed by atoms with Gasteiger partial charge in [-0.2, -0.15) is 0 Å². The summed E-state index contributed by atoms with van der Waals surface area (Å²) in [6.07, 6.45) is 6.88. The van der Waals surface area contributed by atoms with Gasteiger partial charge in [0, 0.05) is 23.9 Å². The Kier molecular flexibility index (Phi) is 10.3. The molecule has 1 aromatic carbocycles. The average Bonchev–Trinajstić information content (AvgIpc) is 3.39. The lowest BCUT2D eigenvalue weighted by Crippen LogP contribution is -2.45. The van der Waals surface area contributed by atoms with Crippen LogP contribution in [0.1, 0.15) is 55.9 Å². The fourth-order valence-electron chi connectivity index (χ4n) is 4.59. The summed E-state index contributed by atoms with van der Waals surface area (Å²) in [5.74, 6) is 1.61. The number of amides is 2. The van der Waals surface area contributed by atoms with Crippen LogP contribution < -0.4 is 9.47 Å². The van der Waals surface area contributed by atoms with Crippen molar-refractivity contribution in [1.29, 1.82) is 0 Å². The molecule has 1 fully saturated rings. The van der Waals surface area contributed by atoms with E-state index in [0.29, 0.717) is 37.6 Å². The Hall–Kier alpha value is -2.54. The molecule has 1 saturated carbocycles. The van der Waals surface area contributed by atoms with Gasteiger partial charge in [0.2, 0.25) is 11.8 Å². The Morgan fingerprint density at radius 2 is 1.76 bits per heavy atom. The van der Waals surface area contributed by atoms with Crippen LogP contribution in [0, 0.1) is 5.92 Å². The number of benzene rings is 1. The quantitative estimate of drug-likeness (QED) is 0.416. The molecule has 6 nitrogen and oxygen atoms in total. The van der Waals surface area contributed by atoms with E-state index in [-0.39, 0.29) is 24.3 Å². The Morgan fingerprint density at radius 3 is 2.41 bits per heavy atom. The Morgan fingerprint density at radius 1 is 1.00 bits per heavy atom. The molecule has 0 N–H and O–H groups in total. The normalized spacial score (nSPS) is 14.0. The minimum Gasteiger partial charge on any atom is -0.493 e. The van der Waals surface area contributed by atoms with Crippen molar-refractivity contribution in [3.05, 3.63) is 46.2 Å². The highest BCUT2D eigenvalue weighted by Gasteiger charge is 2.28. The lowest BCUT2D eigenvalue weighted by molar-refractivity contribution is -0.144. The minimum absolute atomic E-state index is 0.00601. The average molecular weight is 487 g/mol. The molecular weight excluding hydrogens is 448 g/mol. The van der Waals surface area contributed by atoms with Crippen LogP contribution in [0.15, 0.2) is 35.7 Å². The van der Waals surface area contributed by atoms with Crippen LogP contribution in [0.3, 0.4) is 0 Å². The van der Waals surface area contributed by atoms with Gasteiger partial charge in [-0.1, -0.05) is 38.3 Å². The molecule has 0 saturated heterocycles. The van der Waals surface area contributed by atoms with E-state index in [1.807, 2.05) is 34.5 Å². The second-order valence-corrected chi connectivity index (χ2v) is 9.96. The highest BCUT2D eigenvalue weighted by Crippen LogP contribution is 2.28. The lowest BCUT2D eigenvalue weighted by Gasteiger charge is -2.31. The molecule has 7 heteroatoms. The number of rotatable bonds is 12. The smallest absolute Gasteiger partial charge is 0.242 e. The standard InChI is InChI=1S/C27H38N2O4S/c1-4-15-29(27(31)22-9-6-5-7-10-22)20-26(30)28(19-23-11-8-17-34-23)16-14-21-12-13-24(32-2)25(18-21)33-3/h8,11-13,17-18,22H,4-7,9-10,14-16,19-20H2,1-3H3. The minimum atomic E-state index is 0.00601. The molecule has 34 heavy (non-hydrogen) atoms. The van der Waals surface area contributed by atoms with Gasteiger partial charge in [0.15, 0.2) is 11.5 Å². The van der Waals surface area contributed by atoms with E-state index in [4.69, 9.17) is 9.47 Å². The van der Waals surface area contributed by atoms with E-state index >= 15 is 0 Å². The summed E-state index contributed by atoms with van der Waals surface area (Å²) < 4.78 is 10.8. The number of ether oxygens (including phenoxy) is 2. The van der Waals surface area contributed by atoms with Crippen LogP contribution in [0.5, 0.6) is 11.5 Å². The molecule has 1 aliphatic rings. The molecular formula is C27H38N2O4S. The van der Waals surface area contributed by atoms with E-state index in [0.717, 1.165) is 42.5 Å². The predicted molar refractivity (Wildman–Crippen MR) is 136 cm³/mol. The number of nitrogens with zero attached hydrogens (tertiary/aromatic N) is 2. The summed E-state index contributed by atoms with van der Waals surface area (Å²) in [7, 11) is 3.25. The van der Waals surface area contributed by atoms with Crippen molar-refractivity contribution >= 4 is 23.2 Å². The highest BCUT2D eigenvalue weighted by molar-refractivity contribution is 7.09. The van der Waals surface area contributed by atoms with Gasteiger partial charge in [-0.05, 0) is 54.8 Å². The van der Waals surface area contributed by atoms with Gasteiger partial charge in [0.05, 0.1) is 27.3 Å². The van der Waals surface area contributed by atoms with E-state index in [1.54, 1.807) is 30.5 Å².